The molecule has 1 N–H and O–H groups in total. The monoisotopic (exact) mass is 375 g/mol. The quantitative estimate of drug-likeness (QED) is 0.668. The molecule has 0 bridgehead atoms. The zero-order valence-corrected chi connectivity index (χ0v) is 15.5. The van der Waals surface area contributed by atoms with Gasteiger partial charge in [-0.2, -0.15) is 0 Å². The fourth-order valence-electron chi connectivity index (χ4n) is 2.90. The molecule has 3 aromatic rings. The molecule has 0 aromatic heterocycles. The molecule has 0 saturated carbocycles. The smallest absolute Gasteiger partial charge is 0.337 e. The molecule has 0 aliphatic carbocycles. The number of ether oxygens (including phenoxy) is 1. The standard InChI is InChI=1S/C23H21NO4/c1-17-9-5-8-14-21(17)28-16-22(25)24(15-18-10-3-2-4-11-18)20-13-7-6-12-19(20)23(26)27/h2-14H,15-16H2,1H3,(H,26,27). The molecule has 0 radical (unpaired) electrons. The van der Waals surface area contributed by atoms with Crippen molar-refractivity contribution in [3.05, 3.63) is 95.6 Å². The molecule has 0 unspecified atom stereocenters. The van der Waals surface area contributed by atoms with Crippen molar-refractivity contribution >= 4 is 17.6 Å². The summed E-state index contributed by atoms with van der Waals surface area (Å²) in [5, 5.41) is 9.54. The molecule has 5 nitrogen and oxygen atoms in total. The van der Waals surface area contributed by atoms with Crippen LogP contribution in [0.5, 0.6) is 5.75 Å². The van der Waals surface area contributed by atoms with Gasteiger partial charge in [0.1, 0.15) is 5.75 Å². The molecule has 142 valence electrons. The van der Waals surface area contributed by atoms with Gasteiger partial charge < -0.3 is 14.7 Å². The number of amides is 1. The summed E-state index contributed by atoms with van der Waals surface area (Å²) in [6.07, 6.45) is 0. The first-order chi connectivity index (χ1) is 13.6. The van der Waals surface area contributed by atoms with E-state index in [1.54, 1.807) is 24.3 Å². The summed E-state index contributed by atoms with van der Waals surface area (Å²) in [7, 11) is 0. The normalized spacial score (nSPS) is 10.3. The lowest BCUT2D eigenvalue weighted by atomic mass is 10.1. The Labute approximate surface area is 163 Å². The predicted molar refractivity (Wildman–Crippen MR) is 108 cm³/mol. The van der Waals surface area contributed by atoms with Gasteiger partial charge in [-0.3, -0.25) is 4.79 Å². The number of carbonyl (C=O) groups is 2. The number of benzene rings is 3. The van der Waals surface area contributed by atoms with Crippen LogP contribution in [0.4, 0.5) is 5.69 Å². The summed E-state index contributed by atoms with van der Waals surface area (Å²) in [6, 6.07) is 23.4. The number of para-hydroxylation sites is 2. The highest BCUT2D eigenvalue weighted by molar-refractivity contribution is 6.02. The maximum Gasteiger partial charge on any atom is 0.337 e. The number of rotatable bonds is 7. The number of nitrogens with zero attached hydrogens (tertiary/aromatic N) is 1. The van der Waals surface area contributed by atoms with Gasteiger partial charge >= 0.3 is 5.97 Å². The molecule has 3 rings (SSSR count). The minimum absolute atomic E-state index is 0.0719. The van der Waals surface area contributed by atoms with Crippen LogP contribution in [0.2, 0.25) is 0 Å². The van der Waals surface area contributed by atoms with Crippen LogP contribution in [0.15, 0.2) is 78.9 Å². The fourth-order valence-corrected chi connectivity index (χ4v) is 2.90. The van der Waals surface area contributed by atoms with E-state index in [1.165, 1.54) is 11.0 Å². The van der Waals surface area contributed by atoms with Crippen molar-refractivity contribution in [3.63, 3.8) is 0 Å². The number of aromatic carboxylic acids is 1. The third kappa shape index (κ3) is 4.57. The van der Waals surface area contributed by atoms with E-state index in [2.05, 4.69) is 0 Å². The van der Waals surface area contributed by atoms with Crippen molar-refractivity contribution in [1.82, 2.24) is 0 Å². The highest BCUT2D eigenvalue weighted by atomic mass is 16.5. The average molecular weight is 375 g/mol. The van der Waals surface area contributed by atoms with E-state index in [0.717, 1.165) is 11.1 Å². The number of carboxylic acid groups (broad SMARTS) is 1. The highest BCUT2D eigenvalue weighted by Crippen LogP contribution is 2.24. The molecule has 0 spiro atoms. The number of carbonyl (C=O) groups excluding carboxylic acids is 1. The molecule has 1 amide bonds. The minimum atomic E-state index is -1.08. The van der Waals surface area contributed by atoms with Gasteiger partial charge in [-0.1, -0.05) is 60.7 Å². The van der Waals surface area contributed by atoms with Crippen LogP contribution < -0.4 is 9.64 Å². The Kier molecular flexibility index (Phi) is 6.07. The van der Waals surface area contributed by atoms with Crippen molar-refractivity contribution in [2.24, 2.45) is 0 Å². The summed E-state index contributed by atoms with van der Waals surface area (Å²) < 4.78 is 5.70. The van der Waals surface area contributed by atoms with Gasteiger partial charge in [-0.25, -0.2) is 4.79 Å². The molecule has 5 heteroatoms. The summed E-state index contributed by atoms with van der Waals surface area (Å²) in [6.45, 7) is 1.97. The summed E-state index contributed by atoms with van der Waals surface area (Å²) in [5.41, 5.74) is 2.24. The largest absolute Gasteiger partial charge is 0.483 e. The molecule has 28 heavy (non-hydrogen) atoms. The lowest BCUT2D eigenvalue weighted by Gasteiger charge is -2.25. The SMILES string of the molecule is Cc1ccccc1OCC(=O)N(Cc1ccccc1)c1ccccc1C(=O)O. The van der Waals surface area contributed by atoms with Gasteiger partial charge in [0, 0.05) is 0 Å². The van der Waals surface area contributed by atoms with Crippen LogP contribution in [0.3, 0.4) is 0 Å². The van der Waals surface area contributed by atoms with Gasteiger partial charge in [-0.05, 0) is 36.2 Å². The van der Waals surface area contributed by atoms with Gasteiger partial charge in [0.15, 0.2) is 6.61 Å². The van der Waals surface area contributed by atoms with Crippen molar-refractivity contribution in [2.45, 2.75) is 13.5 Å². The number of anilines is 1. The molecule has 0 fully saturated rings. The van der Waals surface area contributed by atoms with E-state index in [0.29, 0.717) is 11.4 Å². The third-order valence-electron chi connectivity index (χ3n) is 4.35. The number of carboxylic acids is 1. The van der Waals surface area contributed by atoms with Crippen LogP contribution in [-0.4, -0.2) is 23.6 Å². The molecule has 0 heterocycles. The first kappa shape index (κ1) is 19.2. The maximum absolute atomic E-state index is 13.0. The minimum Gasteiger partial charge on any atom is -0.483 e. The topological polar surface area (TPSA) is 66.8 Å². The fraction of sp³-hybridized carbons (Fsp3) is 0.130. The van der Waals surface area contributed by atoms with E-state index in [1.807, 2.05) is 55.5 Å². The molecule has 0 aliphatic heterocycles. The van der Waals surface area contributed by atoms with E-state index in [9.17, 15) is 14.7 Å². The Morgan fingerprint density at radius 1 is 0.893 bits per heavy atom. The Morgan fingerprint density at radius 2 is 1.54 bits per heavy atom. The number of aryl methyl sites for hydroxylation is 1. The van der Waals surface area contributed by atoms with Crippen LogP contribution in [0, 0.1) is 6.92 Å². The summed E-state index contributed by atoms with van der Waals surface area (Å²) in [4.78, 5) is 26.1. The zero-order chi connectivity index (χ0) is 19.9. The van der Waals surface area contributed by atoms with Crippen LogP contribution >= 0.6 is 0 Å². The van der Waals surface area contributed by atoms with E-state index in [-0.39, 0.29) is 24.6 Å². The first-order valence-corrected chi connectivity index (χ1v) is 8.91. The summed E-state index contributed by atoms with van der Waals surface area (Å²) in [5.74, 6) is -0.774. The van der Waals surface area contributed by atoms with Crippen LogP contribution in [0.1, 0.15) is 21.5 Å². The molecule has 3 aromatic carbocycles. The Morgan fingerprint density at radius 3 is 2.25 bits per heavy atom. The highest BCUT2D eigenvalue weighted by Gasteiger charge is 2.22. The second-order valence-corrected chi connectivity index (χ2v) is 6.34. The van der Waals surface area contributed by atoms with Crippen LogP contribution in [-0.2, 0) is 11.3 Å². The molecular formula is C23H21NO4. The summed E-state index contributed by atoms with van der Waals surface area (Å²) >= 11 is 0. The van der Waals surface area contributed by atoms with E-state index >= 15 is 0 Å². The van der Waals surface area contributed by atoms with E-state index < -0.39 is 5.97 Å². The molecular weight excluding hydrogens is 354 g/mol. The van der Waals surface area contributed by atoms with Gasteiger partial charge in [0.05, 0.1) is 17.8 Å². The van der Waals surface area contributed by atoms with Gasteiger partial charge in [0.25, 0.3) is 5.91 Å². The Bertz CT molecular complexity index is 969. The second-order valence-electron chi connectivity index (χ2n) is 6.34. The molecule has 0 aliphatic rings. The lowest BCUT2D eigenvalue weighted by Crippen LogP contribution is -2.35. The lowest BCUT2D eigenvalue weighted by molar-refractivity contribution is -0.120. The van der Waals surface area contributed by atoms with Crippen molar-refractivity contribution in [3.8, 4) is 5.75 Å². The second kappa shape index (κ2) is 8.86. The molecule has 0 saturated heterocycles. The van der Waals surface area contributed by atoms with Crippen LogP contribution in [0.25, 0.3) is 0 Å². The number of hydrogen-bond acceptors (Lipinski definition) is 3. The molecule has 0 atom stereocenters. The Balaban J connectivity index is 1.89. The third-order valence-corrected chi connectivity index (χ3v) is 4.35. The zero-order valence-electron chi connectivity index (χ0n) is 15.5. The van der Waals surface area contributed by atoms with Crippen molar-refractivity contribution in [2.75, 3.05) is 11.5 Å². The average Bonchev–Trinajstić information content (AvgIpc) is 2.72. The van der Waals surface area contributed by atoms with Gasteiger partial charge in [0.2, 0.25) is 0 Å². The van der Waals surface area contributed by atoms with Gasteiger partial charge in [-0.15, -0.1) is 0 Å². The van der Waals surface area contributed by atoms with E-state index in [4.69, 9.17) is 4.74 Å². The Hall–Kier alpha value is -3.60. The van der Waals surface area contributed by atoms with Crippen molar-refractivity contribution < 1.29 is 19.4 Å². The maximum atomic E-state index is 13.0. The predicted octanol–water partition coefficient (Wildman–Crippen LogP) is 4.31. The first-order valence-electron chi connectivity index (χ1n) is 8.91. The number of hydrogen-bond donors (Lipinski definition) is 1. The van der Waals surface area contributed by atoms with Crippen molar-refractivity contribution in [1.29, 1.82) is 0 Å².